The molecule has 1 atom stereocenters. The van der Waals surface area contributed by atoms with E-state index in [9.17, 15) is 13.8 Å². The summed E-state index contributed by atoms with van der Waals surface area (Å²) in [4.78, 5) is 26.5. The van der Waals surface area contributed by atoms with Crippen LogP contribution in [0.2, 0.25) is 0 Å². The van der Waals surface area contributed by atoms with E-state index in [1.54, 1.807) is 6.26 Å². The Morgan fingerprint density at radius 2 is 2.10 bits per heavy atom. The fraction of sp³-hybridized carbons (Fsp3) is 0.417. The Balaban J connectivity index is 0.00000191. The average molecular weight is 332 g/mol. The highest BCUT2D eigenvalue weighted by Crippen LogP contribution is 2.01. The first kappa shape index (κ1) is 19.4. The molecule has 1 aromatic heterocycles. The molecule has 118 valence electrons. The quantitative estimate of drug-likeness (QED) is 0.620. The van der Waals surface area contributed by atoms with Crippen LogP contribution in [-0.2, 0) is 15.8 Å². The summed E-state index contributed by atoms with van der Waals surface area (Å²) in [5, 5.41) is 2.55. The number of nitrogens with one attached hydrogen (secondary N) is 1. The van der Waals surface area contributed by atoms with Crippen molar-refractivity contribution in [2.45, 2.75) is 13.8 Å². The van der Waals surface area contributed by atoms with Gasteiger partial charge in [0.2, 0.25) is 0 Å². The largest absolute Gasteiger partial charge is 0.378 e. The van der Waals surface area contributed by atoms with Crippen molar-refractivity contribution in [2.24, 2.45) is 10.7 Å². The van der Waals surface area contributed by atoms with E-state index >= 15 is 0 Å². The Labute approximate surface area is 131 Å². The molecule has 1 heterocycles. The number of amides is 2. The van der Waals surface area contributed by atoms with Crippen molar-refractivity contribution < 1.29 is 13.8 Å². The number of aromatic nitrogens is 1. The summed E-state index contributed by atoms with van der Waals surface area (Å²) in [5.74, 6) is -0.964. The molecule has 0 spiro atoms. The van der Waals surface area contributed by atoms with E-state index in [4.69, 9.17) is 5.73 Å². The maximum atomic E-state index is 11.7. The zero-order valence-corrected chi connectivity index (χ0v) is 14.1. The third-order valence-corrected chi connectivity index (χ3v) is 3.40. The minimum atomic E-state index is -1.22. The normalized spacial score (nSPS) is 12.1. The predicted octanol–water partition coefficient (Wildman–Crippen LogP) is 0.590. The van der Waals surface area contributed by atoms with Crippen molar-refractivity contribution in [3.63, 3.8) is 0 Å². The van der Waals surface area contributed by atoms with Gasteiger partial charge in [-0.1, -0.05) is 25.6 Å². The number of aliphatic imine (C=N–C) groups is 1. The van der Waals surface area contributed by atoms with Crippen molar-refractivity contribution in [1.29, 1.82) is 0 Å². The first-order valence-electron chi connectivity index (χ1n) is 6.15. The predicted molar refractivity (Wildman–Crippen MR) is 87.7 cm³/mol. The number of carbonyl (C=O) groups is 2. The molecule has 1 aromatic rings. The van der Waals surface area contributed by atoms with Gasteiger partial charge in [-0.3, -0.25) is 13.6 Å². The van der Waals surface area contributed by atoms with Crippen LogP contribution in [0.5, 0.6) is 0 Å². The molecule has 9 heteroatoms. The van der Waals surface area contributed by atoms with Crippen LogP contribution in [0.1, 0.15) is 24.2 Å². The molecule has 7 nitrogen and oxygen atoms in total. The summed E-state index contributed by atoms with van der Waals surface area (Å²) < 4.78 is 12.5. The van der Waals surface area contributed by atoms with E-state index in [2.05, 4.69) is 10.3 Å². The van der Waals surface area contributed by atoms with Gasteiger partial charge in [-0.15, -0.1) is 0 Å². The van der Waals surface area contributed by atoms with Crippen LogP contribution < -0.4 is 11.1 Å². The second-order valence-corrected chi connectivity index (χ2v) is 5.51. The summed E-state index contributed by atoms with van der Waals surface area (Å²) in [6.07, 6.45) is 6.15. The lowest BCUT2D eigenvalue weighted by Crippen LogP contribution is -2.29. The lowest BCUT2D eigenvalue weighted by molar-refractivity contribution is -0.116. The zero-order valence-electron chi connectivity index (χ0n) is 12.5. The van der Waals surface area contributed by atoms with E-state index in [0.717, 1.165) is 11.8 Å². The molecule has 0 bridgehead atoms. The molecule has 0 aliphatic rings. The van der Waals surface area contributed by atoms with Crippen LogP contribution in [-0.4, -0.2) is 44.2 Å². The molecule has 0 aromatic carbocycles. The van der Waals surface area contributed by atoms with Gasteiger partial charge < -0.3 is 11.1 Å². The Kier molecular flexibility index (Phi) is 9.39. The lowest BCUT2D eigenvalue weighted by Gasteiger charge is -2.00. The second kappa shape index (κ2) is 10.2. The Morgan fingerprint density at radius 1 is 1.48 bits per heavy atom. The van der Waals surface area contributed by atoms with Crippen LogP contribution in [0.25, 0.3) is 0 Å². The summed E-state index contributed by atoms with van der Waals surface area (Å²) in [6.45, 7) is 3.76. The maximum absolute atomic E-state index is 11.7. The molecule has 0 aliphatic carbocycles. The van der Waals surface area contributed by atoms with Gasteiger partial charge in [-0.05, 0) is 12.3 Å². The third-order valence-electron chi connectivity index (χ3n) is 2.07. The molecule has 0 aliphatic heterocycles. The standard InChI is InChI=1S/C10H14N4O3S2.C2H6/c1-18-10(11)13-8(15)5-12-9(16)7-3-4-14(6-7)19(2)17;1-2/h3-4,6H,5H2,1-2H3,(H,12,16)(H2,11,13,15);1-2H3. The number of thioether (sulfide) groups is 1. The smallest absolute Gasteiger partial charge is 0.267 e. The molecule has 0 radical (unpaired) electrons. The zero-order chi connectivity index (χ0) is 16.4. The molecule has 0 saturated heterocycles. The summed E-state index contributed by atoms with van der Waals surface area (Å²) >= 11 is 1.15. The van der Waals surface area contributed by atoms with Gasteiger partial charge in [0.1, 0.15) is 11.0 Å². The molecule has 21 heavy (non-hydrogen) atoms. The van der Waals surface area contributed by atoms with Gasteiger partial charge in [-0.25, -0.2) is 4.21 Å². The number of rotatable bonds is 4. The highest BCUT2D eigenvalue weighted by atomic mass is 32.2. The van der Waals surface area contributed by atoms with E-state index in [1.165, 1.54) is 28.7 Å². The Bertz CT molecular complexity index is 540. The van der Waals surface area contributed by atoms with Crippen molar-refractivity contribution in [1.82, 2.24) is 9.29 Å². The molecule has 2 amide bonds. The van der Waals surface area contributed by atoms with E-state index in [-0.39, 0.29) is 11.7 Å². The molecular formula is C12H20N4O3S2. The number of hydrogen-bond acceptors (Lipinski definition) is 4. The molecular weight excluding hydrogens is 312 g/mol. The first-order valence-corrected chi connectivity index (χ1v) is 8.89. The average Bonchev–Trinajstić information content (AvgIpc) is 2.96. The fourth-order valence-corrected chi connectivity index (χ4v) is 1.82. The van der Waals surface area contributed by atoms with Gasteiger partial charge in [0.05, 0.1) is 12.1 Å². The minimum Gasteiger partial charge on any atom is -0.378 e. The highest BCUT2D eigenvalue weighted by molar-refractivity contribution is 8.13. The van der Waals surface area contributed by atoms with Crippen molar-refractivity contribution >= 4 is 39.7 Å². The van der Waals surface area contributed by atoms with Gasteiger partial charge in [-0.2, -0.15) is 4.99 Å². The van der Waals surface area contributed by atoms with Gasteiger partial charge in [0.25, 0.3) is 11.8 Å². The molecule has 3 N–H and O–H groups in total. The van der Waals surface area contributed by atoms with Crippen molar-refractivity contribution in [3.05, 3.63) is 24.0 Å². The van der Waals surface area contributed by atoms with Crippen LogP contribution >= 0.6 is 11.8 Å². The maximum Gasteiger partial charge on any atom is 0.267 e. The van der Waals surface area contributed by atoms with Gasteiger partial charge in [0, 0.05) is 18.6 Å². The molecule has 1 unspecified atom stereocenters. The molecule has 1 rings (SSSR count). The van der Waals surface area contributed by atoms with Crippen molar-refractivity contribution in [3.8, 4) is 0 Å². The third kappa shape index (κ3) is 7.09. The molecule has 0 fully saturated rings. The van der Waals surface area contributed by atoms with E-state index < -0.39 is 22.8 Å². The topological polar surface area (TPSA) is 107 Å². The summed E-state index contributed by atoms with van der Waals surface area (Å²) in [6, 6.07) is 1.51. The molecule has 0 saturated carbocycles. The summed E-state index contributed by atoms with van der Waals surface area (Å²) in [7, 11) is -1.22. The second-order valence-electron chi connectivity index (χ2n) is 3.41. The summed E-state index contributed by atoms with van der Waals surface area (Å²) in [5.41, 5.74) is 5.69. The van der Waals surface area contributed by atoms with E-state index in [1.807, 2.05) is 13.8 Å². The van der Waals surface area contributed by atoms with Crippen molar-refractivity contribution in [2.75, 3.05) is 19.1 Å². The van der Waals surface area contributed by atoms with Crippen LogP contribution in [0.3, 0.4) is 0 Å². The number of hydrogen-bond donors (Lipinski definition) is 2. The lowest BCUT2D eigenvalue weighted by atomic mass is 10.3. The Hall–Kier alpha value is -1.61. The first-order chi connectivity index (χ1) is 9.93. The Morgan fingerprint density at radius 3 is 2.57 bits per heavy atom. The number of carbonyl (C=O) groups excluding carboxylic acids is 2. The highest BCUT2D eigenvalue weighted by Gasteiger charge is 2.10. The van der Waals surface area contributed by atoms with Crippen LogP contribution in [0.4, 0.5) is 0 Å². The number of amidine groups is 1. The minimum absolute atomic E-state index is 0.145. The number of nitrogens with zero attached hydrogens (tertiary/aromatic N) is 2. The fourth-order valence-electron chi connectivity index (χ4n) is 1.14. The number of nitrogens with two attached hydrogens (primary N) is 1. The van der Waals surface area contributed by atoms with Crippen LogP contribution in [0, 0.1) is 0 Å². The monoisotopic (exact) mass is 332 g/mol. The van der Waals surface area contributed by atoms with Crippen LogP contribution in [0.15, 0.2) is 23.5 Å². The van der Waals surface area contributed by atoms with E-state index in [0.29, 0.717) is 5.56 Å². The van der Waals surface area contributed by atoms with Gasteiger partial charge >= 0.3 is 0 Å². The van der Waals surface area contributed by atoms with Gasteiger partial charge in [0.15, 0.2) is 5.17 Å². The SMILES string of the molecule is CC.CSC(N)=NC(=O)CNC(=O)c1ccn(S(C)=O)c1.